The maximum absolute atomic E-state index is 5.54. The van der Waals surface area contributed by atoms with Gasteiger partial charge in [-0.3, -0.25) is 0 Å². The van der Waals surface area contributed by atoms with E-state index in [-0.39, 0.29) is 6.04 Å². The highest BCUT2D eigenvalue weighted by molar-refractivity contribution is 5.86. The highest BCUT2D eigenvalue weighted by Crippen LogP contribution is 2.42. The Bertz CT molecular complexity index is 952. The molecule has 4 rings (SSSR count). The maximum Gasteiger partial charge on any atom is 0.203 e. The number of hydrogen-bond acceptors (Lipinski definition) is 4. The minimum absolute atomic E-state index is 0.0555. The van der Waals surface area contributed by atoms with Crippen LogP contribution in [-0.4, -0.2) is 32.9 Å². The molecule has 2 heterocycles. The van der Waals surface area contributed by atoms with Gasteiger partial charge in [-0.2, -0.15) is 0 Å². The number of ether oxygens (including phenoxy) is 3. The summed E-state index contributed by atoms with van der Waals surface area (Å²) in [5.41, 5.74) is 6.27. The quantitative estimate of drug-likeness (QED) is 0.717. The Morgan fingerprint density at radius 2 is 1.74 bits per heavy atom. The summed E-state index contributed by atoms with van der Waals surface area (Å²) >= 11 is 0. The second-order valence-corrected chi connectivity index (χ2v) is 6.85. The van der Waals surface area contributed by atoms with Crippen molar-refractivity contribution in [3.8, 4) is 17.2 Å². The second kappa shape index (κ2) is 7.16. The van der Waals surface area contributed by atoms with Crippen LogP contribution in [0.1, 0.15) is 35.3 Å². The molecule has 0 fully saturated rings. The van der Waals surface area contributed by atoms with Gasteiger partial charge in [0.2, 0.25) is 5.75 Å². The van der Waals surface area contributed by atoms with Gasteiger partial charge in [-0.15, -0.1) is 0 Å². The van der Waals surface area contributed by atoms with E-state index < -0.39 is 0 Å². The largest absolute Gasteiger partial charge is 0.493 e. The topological polar surface area (TPSA) is 55.5 Å². The average molecular weight is 366 g/mol. The summed E-state index contributed by atoms with van der Waals surface area (Å²) in [6.45, 7) is 3.12. The number of aromatic nitrogens is 1. The van der Waals surface area contributed by atoms with Gasteiger partial charge in [0.1, 0.15) is 0 Å². The van der Waals surface area contributed by atoms with E-state index in [0.29, 0.717) is 17.2 Å². The molecular formula is C22H26N2O3. The number of hydrogen-bond donors (Lipinski definition) is 2. The number of aryl methyl sites for hydroxylation is 1. The lowest BCUT2D eigenvalue weighted by atomic mass is 9.93. The van der Waals surface area contributed by atoms with E-state index >= 15 is 0 Å². The Balaban J connectivity index is 1.85. The van der Waals surface area contributed by atoms with Crippen molar-refractivity contribution in [2.24, 2.45) is 0 Å². The van der Waals surface area contributed by atoms with E-state index in [1.54, 1.807) is 21.3 Å². The maximum atomic E-state index is 5.54. The van der Waals surface area contributed by atoms with Crippen molar-refractivity contribution in [3.05, 3.63) is 52.7 Å². The molecule has 1 aliphatic rings. The molecule has 0 aliphatic carbocycles. The average Bonchev–Trinajstić information content (AvgIpc) is 3.10. The predicted octanol–water partition coefficient (Wildman–Crippen LogP) is 3.99. The van der Waals surface area contributed by atoms with Gasteiger partial charge in [-0.1, -0.05) is 13.0 Å². The van der Waals surface area contributed by atoms with Gasteiger partial charge >= 0.3 is 0 Å². The summed E-state index contributed by atoms with van der Waals surface area (Å²) in [7, 11) is 4.92. The van der Waals surface area contributed by atoms with E-state index in [1.807, 2.05) is 12.1 Å². The molecular weight excluding hydrogens is 340 g/mol. The zero-order valence-corrected chi connectivity index (χ0v) is 16.3. The fraction of sp³-hybridized carbons (Fsp3) is 0.364. The molecule has 5 heteroatoms. The zero-order valence-electron chi connectivity index (χ0n) is 16.3. The smallest absolute Gasteiger partial charge is 0.203 e. The van der Waals surface area contributed by atoms with E-state index in [1.165, 1.54) is 27.7 Å². The highest BCUT2D eigenvalue weighted by Gasteiger charge is 2.27. The number of benzene rings is 2. The number of fused-ring (bicyclic) bond motifs is 3. The molecule has 0 spiro atoms. The van der Waals surface area contributed by atoms with E-state index in [2.05, 4.69) is 35.4 Å². The van der Waals surface area contributed by atoms with Crippen LogP contribution in [0.5, 0.6) is 17.2 Å². The lowest BCUT2D eigenvalue weighted by molar-refractivity contribution is 0.323. The minimum Gasteiger partial charge on any atom is -0.493 e. The van der Waals surface area contributed by atoms with Crippen LogP contribution < -0.4 is 19.5 Å². The van der Waals surface area contributed by atoms with E-state index in [4.69, 9.17) is 14.2 Å². The Labute approximate surface area is 159 Å². The van der Waals surface area contributed by atoms with E-state index in [0.717, 1.165) is 24.9 Å². The van der Waals surface area contributed by atoms with Gasteiger partial charge in [-0.25, -0.2) is 0 Å². The predicted molar refractivity (Wildman–Crippen MR) is 107 cm³/mol. The van der Waals surface area contributed by atoms with Crippen LogP contribution in [0.2, 0.25) is 0 Å². The molecule has 2 N–H and O–H groups in total. The van der Waals surface area contributed by atoms with Gasteiger partial charge in [0.15, 0.2) is 11.5 Å². The van der Waals surface area contributed by atoms with Crippen LogP contribution in [0, 0.1) is 0 Å². The van der Waals surface area contributed by atoms with Gasteiger partial charge < -0.3 is 24.5 Å². The highest BCUT2D eigenvalue weighted by atomic mass is 16.5. The first-order valence-corrected chi connectivity index (χ1v) is 9.36. The van der Waals surface area contributed by atoms with Gasteiger partial charge in [0, 0.05) is 23.1 Å². The van der Waals surface area contributed by atoms with Crippen LogP contribution in [0.4, 0.5) is 0 Å². The fourth-order valence-corrected chi connectivity index (χ4v) is 4.05. The molecule has 0 radical (unpaired) electrons. The Kier molecular flexibility index (Phi) is 4.70. The molecule has 142 valence electrons. The molecule has 5 nitrogen and oxygen atoms in total. The molecule has 1 aromatic heterocycles. The molecule has 0 saturated carbocycles. The number of H-pyrrole nitrogens is 1. The summed E-state index contributed by atoms with van der Waals surface area (Å²) in [5, 5.41) is 4.97. The van der Waals surface area contributed by atoms with Crippen molar-refractivity contribution in [3.63, 3.8) is 0 Å². The van der Waals surface area contributed by atoms with Crippen LogP contribution in [-0.2, 0) is 12.8 Å². The van der Waals surface area contributed by atoms with Crippen LogP contribution in [0.25, 0.3) is 10.9 Å². The summed E-state index contributed by atoms with van der Waals surface area (Å²) in [6, 6.07) is 10.8. The van der Waals surface area contributed by atoms with Gasteiger partial charge in [-0.05, 0) is 53.8 Å². The number of rotatable bonds is 5. The minimum atomic E-state index is 0.0555. The van der Waals surface area contributed by atoms with Crippen molar-refractivity contribution in [2.75, 3.05) is 27.9 Å². The first-order valence-electron chi connectivity index (χ1n) is 9.36. The van der Waals surface area contributed by atoms with Crippen molar-refractivity contribution in [2.45, 2.75) is 25.8 Å². The summed E-state index contributed by atoms with van der Waals surface area (Å²) < 4.78 is 16.6. The number of aromatic amines is 1. The lowest BCUT2D eigenvalue weighted by Crippen LogP contribution is -2.30. The third-order valence-electron chi connectivity index (χ3n) is 5.44. The molecule has 2 aromatic carbocycles. The Morgan fingerprint density at radius 3 is 2.37 bits per heavy atom. The molecule has 1 aliphatic heterocycles. The normalized spacial score (nSPS) is 16.2. The van der Waals surface area contributed by atoms with Crippen LogP contribution in [0.3, 0.4) is 0 Å². The van der Waals surface area contributed by atoms with Crippen molar-refractivity contribution < 1.29 is 14.2 Å². The third-order valence-corrected chi connectivity index (χ3v) is 5.44. The first kappa shape index (κ1) is 17.7. The number of methoxy groups -OCH3 is 3. The summed E-state index contributed by atoms with van der Waals surface area (Å²) in [4.78, 5) is 3.64. The second-order valence-electron chi connectivity index (χ2n) is 6.85. The van der Waals surface area contributed by atoms with Crippen LogP contribution in [0.15, 0.2) is 30.3 Å². The molecule has 0 amide bonds. The third kappa shape index (κ3) is 2.92. The Morgan fingerprint density at radius 1 is 1.00 bits per heavy atom. The van der Waals surface area contributed by atoms with Crippen molar-refractivity contribution >= 4 is 10.9 Å². The van der Waals surface area contributed by atoms with Gasteiger partial charge in [0.05, 0.1) is 27.4 Å². The van der Waals surface area contributed by atoms with Gasteiger partial charge in [0.25, 0.3) is 0 Å². The van der Waals surface area contributed by atoms with Crippen molar-refractivity contribution in [1.29, 1.82) is 0 Å². The summed E-state index contributed by atoms with van der Waals surface area (Å²) in [5.74, 6) is 1.96. The zero-order chi connectivity index (χ0) is 19.0. The lowest BCUT2D eigenvalue weighted by Gasteiger charge is -2.26. The van der Waals surface area contributed by atoms with E-state index in [9.17, 15) is 0 Å². The first-order chi connectivity index (χ1) is 13.2. The molecule has 3 aromatic rings. The fourth-order valence-electron chi connectivity index (χ4n) is 4.05. The summed E-state index contributed by atoms with van der Waals surface area (Å²) in [6.07, 6.45) is 2.06. The molecule has 0 saturated heterocycles. The number of nitrogens with one attached hydrogen (secondary N) is 2. The monoisotopic (exact) mass is 366 g/mol. The molecule has 1 atom stereocenters. The molecule has 0 unspecified atom stereocenters. The Hall–Kier alpha value is -2.66. The van der Waals surface area contributed by atoms with Crippen molar-refractivity contribution in [1.82, 2.24) is 10.3 Å². The van der Waals surface area contributed by atoms with Crippen LogP contribution >= 0.6 is 0 Å². The molecule has 0 bridgehead atoms. The molecule has 27 heavy (non-hydrogen) atoms. The standard InChI is InChI=1S/C22H26N2O3/c1-5-13-6-7-17-16(10-13)15-8-9-23-20(21(15)24-17)14-11-18(25-2)22(27-4)19(12-14)26-3/h6-7,10-12,20,23-24H,5,8-9H2,1-4H3/t20-/m1/s1. The SMILES string of the molecule is CCc1ccc2[nH]c3c(c2c1)CCN[C@@H]3c1cc(OC)c(OC)c(OC)c1.